The molecule has 0 aliphatic heterocycles. The summed E-state index contributed by atoms with van der Waals surface area (Å²) in [5.41, 5.74) is 2.53. The van der Waals surface area contributed by atoms with Crippen molar-refractivity contribution in [3.63, 3.8) is 0 Å². The van der Waals surface area contributed by atoms with Gasteiger partial charge in [-0.15, -0.1) is 0 Å². The number of carbonyl (C=O) groups excluding carboxylic acids is 2. The molecule has 1 saturated carbocycles. The molecule has 4 heteroatoms. The number of carbonyl (C=O) groups is 2. The summed E-state index contributed by atoms with van der Waals surface area (Å²) in [5.74, 6) is 0.604. The van der Waals surface area contributed by atoms with Crippen LogP contribution in [0.4, 0.5) is 5.69 Å². The van der Waals surface area contributed by atoms with Gasteiger partial charge in [0.1, 0.15) is 0 Å². The number of anilines is 1. The van der Waals surface area contributed by atoms with Crippen molar-refractivity contribution in [3.8, 4) is 0 Å². The Morgan fingerprint density at radius 1 is 1.04 bits per heavy atom. The second-order valence-electron chi connectivity index (χ2n) is 6.38. The van der Waals surface area contributed by atoms with E-state index in [4.69, 9.17) is 0 Å². The number of hydrogen-bond donors (Lipinski definition) is 2. The molecule has 2 aromatic carbocycles. The Hall–Kier alpha value is -2.62. The van der Waals surface area contributed by atoms with Crippen molar-refractivity contribution in [2.75, 3.05) is 11.9 Å². The van der Waals surface area contributed by atoms with Gasteiger partial charge in [0, 0.05) is 23.7 Å². The van der Waals surface area contributed by atoms with Crippen LogP contribution in [0.3, 0.4) is 0 Å². The number of nitrogens with one attached hydrogen (secondary N) is 2. The Balaban J connectivity index is 1.47. The summed E-state index contributed by atoms with van der Waals surface area (Å²) in [5, 5.41) is 5.81. The van der Waals surface area contributed by atoms with E-state index < -0.39 is 0 Å². The third-order valence-corrected chi connectivity index (χ3v) is 4.40. The molecule has 1 aliphatic carbocycles. The summed E-state index contributed by atoms with van der Waals surface area (Å²) in [6.45, 7) is 2.67. The first-order valence-electron chi connectivity index (χ1n) is 8.36. The summed E-state index contributed by atoms with van der Waals surface area (Å²) < 4.78 is 0. The van der Waals surface area contributed by atoms with Crippen molar-refractivity contribution in [2.24, 2.45) is 11.8 Å². The molecule has 24 heavy (non-hydrogen) atoms. The maximum absolute atomic E-state index is 12.1. The Bertz CT molecular complexity index is 710. The van der Waals surface area contributed by atoms with E-state index in [0.29, 0.717) is 18.0 Å². The van der Waals surface area contributed by atoms with E-state index in [9.17, 15) is 9.59 Å². The fourth-order valence-corrected chi connectivity index (χ4v) is 2.69. The van der Waals surface area contributed by atoms with Gasteiger partial charge in [-0.05, 0) is 48.6 Å². The molecule has 0 aromatic heterocycles. The molecule has 0 heterocycles. The van der Waals surface area contributed by atoms with Crippen LogP contribution in [-0.4, -0.2) is 18.4 Å². The minimum absolute atomic E-state index is 0.0718. The van der Waals surface area contributed by atoms with Gasteiger partial charge in [0.15, 0.2) is 0 Å². The second kappa shape index (κ2) is 7.30. The number of rotatable bonds is 6. The highest BCUT2D eigenvalue weighted by Crippen LogP contribution is 2.38. The fraction of sp³-hybridized carbons (Fsp3) is 0.300. The highest BCUT2D eigenvalue weighted by atomic mass is 16.2. The van der Waals surface area contributed by atoms with Gasteiger partial charge in [-0.25, -0.2) is 0 Å². The van der Waals surface area contributed by atoms with Gasteiger partial charge in [-0.1, -0.05) is 37.3 Å². The van der Waals surface area contributed by atoms with Crippen molar-refractivity contribution in [3.05, 3.63) is 65.7 Å². The molecule has 2 aromatic rings. The van der Waals surface area contributed by atoms with E-state index in [0.717, 1.165) is 18.5 Å². The van der Waals surface area contributed by atoms with Crippen molar-refractivity contribution < 1.29 is 9.59 Å². The van der Waals surface area contributed by atoms with Gasteiger partial charge in [-0.2, -0.15) is 0 Å². The summed E-state index contributed by atoms with van der Waals surface area (Å²) >= 11 is 0. The van der Waals surface area contributed by atoms with Crippen LogP contribution in [0, 0.1) is 11.8 Å². The third-order valence-electron chi connectivity index (χ3n) is 4.40. The lowest BCUT2D eigenvalue weighted by atomic mass is 10.1. The molecule has 124 valence electrons. The Morgan fingerprint density at radius 3 is 2.33 bits per heavy atom. The molecule has 0 radical (unpaired) electrons. The zero-order chi connectivity index (χ0) is 16.9. The zero-order valence-electron chi connectivity index (χ0n) is 13.8. The zero-order valence-corrected chi connectivity index (χ0v) is 13.8. The quantitative estimate of drug-likeness (QED) is 0.857. The first-order chi connectivity index (χ1) is 11.6. The second-order valence-corrected chi connectivity index (χ2v) is 6.38. The molecular weight excluding hydrogens is 300 g/mol. The Morgan fingerprint density at radius 2 is 1.71 bits per heavy atom. The first-order valence-corrected chi connectivity index (χ1v) is 8.36. The predicted octanol–water partition coefficient (Wildman–Crippen LogP) is 3.25. The number of benzene rings is 2. The third kappa shape index (κ3) is 4.22. The van der Waals surface area contributed by atoms with E-state index in [2.05, 4.69) is 17.6 Å². The number of amides is 2. The largest absolute Gasteiger partial charge is 0.352 e. The molecule has 1 fully saturated rings. The van der Waals surface area contributed by atoms with Crippen molar-refractivity contribution in [2.45, 2.75) is 19.8 Å². The van der Waals surface area contributed by atoms with Gasteiger partial charge in [0.2, 0.25) is 5.91 Å². The van der Waals surface area contributed by atoms with Crippen LogP contribution in [-0.2, 0) is 11.2 Å². The van der Waals surface area contributed by atoms with Crippen LogP contribution in [0.1, 0.15) is 29.3 Å². The van der Waals surface area contributed by atoms with Gasteiger partial charge in [0.25, 0.3) is 5.91 Å². The lowest BCUT2D eigenvalue weighted by Gasteiger charge is -2.07. The summed E-state index contributed by atoms with van der Waals surface area (Å²) in [6.07, 6.45) is 1.77. The summed E-state index contributed by atoms with van der Waals surface area (Å²) in [4.78, 5) is 24.0. The molecule has 1 aliphatic rings. The molecule has 0 saturated heterocycles. The predicted molar refractivity (Wildman–Crippen MR) is 94.8 cm³/mol. The maximum atomic E-state index is 12.1. The van der Waals surface area contributed by atoms with E-state index in [1.165, 1.54) is 5.56 Å². The van der Waals surface area contributed by atoms with Gasteiger partial charge >= 0.3 is 0 Å². The molecule has 0 bridgehead atoms. The van der Waals surface area contributed by atoms with Crippen LogP contribution >= 0.6 is 0 Å². The molecule has 2 amide bonds. The summed E-state index contributed by atoms with van der Waals surface area (Å²) in [7, 11) is 0. The monoisotopic (exact) mass is 322 g/mol. The van der Waals surface area contributed by atoms with Crippen LogP contribution in [0.15, 0.2) is 54.6 Å². The molecule has 4 nitrogen and oxygen atoms in total. The molecule has 0 spiro atoms. The molecule has 2 unspecified atom stereocenters. The summed E-state index contributed by atoms with van der Waals surface area (Å²) in [6, 6.07) is 17.1. The Kier molecular flexibility index (Phi) is 4.94. The van der Waals surface area contributed by atoms with E-state index >= 15 is 0 Å². The minimum atomic E-state index is -0.0976. The van der Waals surface area contributed by atoms with Crippen LogP contribution < -0.4 is 10.6 Å². The highest BCUT2D eigenvalue weighted by Gasteiger charge is 2.38. The first kappa shape index (κ1) is 16.2. The van der Waals surface area contributed by atoms with Crippen molar-refractivity contribution >= 4 is 17.5 Å². The van der Waals surface area contributed by atoms with E-state index in [1.807, 2.05) is 30.3 Å². The maximum Gasteiger partial charge on any atom is 0.251 e. The van der Waals surface area contributed by atoms with Crippen molar-refractivity contribution in [1.82, 2.24) is 5.32 Å². The van der Waals surface area contributed by atoms with E-state index in [-0.39, 0.29) is 17.7 Å². The van der Waals surface area contributed by atoms with Crippen molar-refractivity contribution in [1.29, 1.82) is 0 Å². The lowest BCUT2D eigenvalue weighted by Crippen LogP contribution is -2.25. The topological polar surface area (TPSA) is 58.2 Å². The number of hydrogen-bond acceptors (Lipinski definition) is 2. The fourth-order valence-electron chi connectivity index (χ4n) is 2.69. The van der Waals surface area contributed by atoms with Gasteiger partial charge in [0.05, 0.1) is 0 Å². The van der Waals surface area contributed by atoms with Crippen LogP contribution in [0.5, 0.6) is 0 Å². The SMILES string of the molecule is CC1CC1C(=O)Nc1ccc(C(=O)NCCc2ccccc2)cc1. The standard InChI is InChI=1S/C20H22N2O2/c1-14-13-18(14)20(24)22-17-9-7-16(8-10-17)19(23)21-12-11-15-5-3-2-4-6-15/h2-10,14,18H,11-13H2,1H3,(H,21,23)(H,22,24). The lowest BCUT2D eigenvalue weighted by molar-refractivity contribution is -0.117. The smallest absolute Gasteiger partial charge is 0.251 e. The molecular formula is C20H22N2O2. The highest BCUT2D eigenvalue weighted by molar-refractivity contribution is 5.96. The van der Waals surface area contributed by atoms with E-state index in [1.54, 1.807) is 24.3 Å². The van der Waals surface area contributed by atoms with Gasteiger partial charge < -0.3 is 10.6 Å². The molecule has 3 rings (SSSR count). The van der Waals surface area contributed by atoms with Gasteiger partial charge in [-0.3, -0.25) is 9.59 Å². The Labute approximate surface area is 142 Å². The average Bonchev–Trinajstić information content (AvgIpc) is 3.33. The average molecular weight is 322 g/mol. The molecule has 2 N–H and O–H groups in total. The van der Waals surface area contributed by atoms with Crippen LogP contribution in [0.2, 0.25) is 0 Å². The molecule has 2 atom stereocenters. The minimum Gasteiger partial charge on any atom is -0.352 e. The normalized spacial score (nSPS) is 18.7. The van der Waals surface area contributed by atoms with Crippen LogP contribution in [0.25, 0.3) is 0 Å².